The maximum atomic E-state index is 12.3. The lowest BCUT2D eigenvalue weighted by atomic mass is 10.1. The van der Waals surface area contributed by atoms with Crippen molar-refractivity contribution >= 4 is 29.0 Å². The standard InChI is InChI=1S/C18H19ClN4OS/c1-22(13-16-7-8-17(19)25-16)18(24)20-11-14-5-2-3-6-15(14)12-23-10-4-9-21-23/h2-10H,11-13H2,1H3,(H,20,24). The normalized spacial score (nSPS) is 10.6. The molecule has 0 aliphatic rings. The van der Waals surface area contributed by atoms with Crippen molar-refractivity contribution in [2.45, 2.75) is 19.6 Å². The summed E-state index contributed by atoms with van der Waals surface area (Å²) in [6, 6.07) is 13.6. The maximum absolute atomic E-state index is 12.3. The predicted molar refractivity (Wildman–Crippen MR) is 101 cm³/mol. The van der Waals surface area contributed by atoms with Crippen molar-refractivity contribution in [1.82, 2.24) is 20.0 Å². The molecule has 25 heavy (non-hydrogen) atoms. The minimum absolute atomic E-state index is 0.113. The molecule has 0 fully saturated rings. The Morgan fingerprint density at radius 1 is 1.24 bits per heavy atom. The van der Waals surface area contributed by atoms with Crippen LogP contribution < -0.4 is 5.32 Å². The summed E-state index contributed by atoms with van der Waals surface area (Å²) in [5, 5.41) is 7.21. The minimum atomic E-state index is -0.113. The largest absolute Gasteiger partial charge is 0.334 e. The molecule has 5 nitrogen and oxygen atoms in total. The average molecular weight is 375 g/mol. The predicted octanol–water partition coefficient (Wildman–Crippen LogP) is 3.99. The highest BCUT2D eigenvalue weighted by molar-refractivity contribution is 7.16. The van der Waals surface area contributed by atoms with Crippen molar-refractivity contribution in [3.05, 3.63) is 75.2 Å². The van der Waals surface area contributed by atoms with Gasteiger partial charge in [0.15, 0.2) is 0 Å². The van der Waals surface area contributed by atoms with E-state index in [1.54, 1.807) is 18.1 Å². The van der Waals surface area contributed by atoms with Gasteiger partial charge in [-0.2, -0.15) is 5.10 Å². The Hall–Kier alpha value is -2.31. The molecule has 0 bridgehead atoms. The first kappa shape index (κ1) is 17.5. The molecular weight excluding hydrogens is 356 g/mol. The fourth-order valence-electron chi connectivity index (χ4n) is 2.50. The second-order valence-corrected chi connectivity index (χ2v) is 7.49. The van der Waals surface area contributed by atoms with Crippen LogP contribution in [0.25, 0.3) is 0 Å². The number of hydrogen-bond donors (Lipinski definition) is 1. The van der Waals surface area contributed by atoms with Crippen LogP contribution in [0.4, 0.5) is 4.79 Å². The highest BCUT2D eigenvalue weighted by Gasteiger charge is 2.11. The van der Waals surface area contributed by atoms with E-state index in [2.05, 4.69) is 16.5 Å². The molecule has 2 aromatic heterocycles. The summed E-state index contributed by atoms with van der Waals surface area (Å²) in [5.41, 5.74) is 2.22. The van der Waals surface area contributed by atoms with Crippen molar-refractivity contribution < 1.29 is 4.79 Å². The highest BCUT2D eigenvalue weighted by Crippen LogP contribution is 2.22. The monoisotopic (exact) mass is 374 g/mol. The second-order valence-electron chi connectivity index (χ2n) is 5.69. The lowest BCUT2D eigenvalue weighted by molar-refractivity contribution is 0.207. The van der Waals surface area contributed by atoms with Gasteiger partial charge in [0, 0.05) is 30.9 Å². The van der Waals surface area contributed by atoms with Gasteiger partial charge in [-0.05, 0) is 29.3 Å². The Bertz CT molecular complexity index is 831. The summed E-state index contributed by atoms with van der Waals surface area (Å²) in [5.74, 6) is 0. The molecule has 0 saturated heterocycles. The Morgan fingerprint density at radius 3 is 2.72 bits per heavy atom. The van der Waals surface area contributed by atoms with Crippen LogP contribution in [0.1, 0.15) is 16.0 Å². The van der Waals surface area contributed by atoms with Crippen LogP contribution in [-0.4, -0.2) is 27.8 Å². The summed E-state index contributed by atoms with van der Waals surface area (Å²) in [7, 11) is 1.78. The van der Waals surface area contributed by atoms with Crippen LogP contribution in [0, 0.1) is 0 Å². The molecule has 3 rings (SSSR count). The summed E-state index contributed by atoms with van der Waals surface area (Å²) in [6.45, 7) is 1.70. The van der Waals surface area contributed by atoms with Crippen LogP contribution in [0.2, 0.25) is 4.34 Å². The number of carbonyl (C=O) groups excluding carboxylic acids is 1. The van der Waals surface area contributed by atoms with Crippen LogP contribution in [-0.2, 0) is 19.6 Å². The van der Waals surface area contributed by atoms with E-state index in [1.165, 1.54) is 11.3 Å². The number of benzene rings is 1. The third-order valence-corrected chi connectivity index (χ3v) is 5.02. The Labute approximate surface area is 155 Å². The van der Waals surface area contributed by atoms with Crippen LogP contribution in [0.5, 0.6) is 0 Å². The van der Waals surface area contributed by atoms with E-state index in [0.717, 1.165) is 20.3 Å². The van der Waals surface area contributed by atoms with Crippen molar-refractivity contribution in [3.8, 4) is 0 Å². The van der Waals surface area contributed by atoms with Crippen molar-refractivity contribution in [1.29, 1.82) is 0 Å². The van der Waals surface area contributed by atoms with Gasteiger partial charge in [-0.1, -0.05) is 35.9 Å². The summed E-state index contributed by atoms with van der Waals surface area (Å²) < 4.78 is 2.60. The molecule has 0 unspecified atom stereocenters. The third-order valence-electron chi connectivity index (χ3n) is 3.81. The van der Waals surface area contributed by atoms with E-state index in [1.807, 2.05) is 47.3 Å². The number of aromatic nitrogens is 2. The van der Waals surface area contributed by atoms with Gasteiger partial charge in [0.25, 0.3) is 0 Å². The third kappa shape index (κ3) is 4.84. The van der Waals surface area contributed by atoms with E-state index in [4.69, 9.17) is 11.6 Å². The molecule has 2 amide bonds. The van der Waals surface area contributed by atoms with Crippen LogP contribution in [0.15, 0.2) is 54.9 Å². The van der Waals surface area contributed by atoms with Gasteiger partial charge in [-0.3, -0.25) is 4.68 Å². The van der Waals surface area contributed by atoms with Crippen molar-refractivity contribution in [3.63, 3.8) is 0 Å². The number of thiophene rings is 1. The summed E-state index contributed by atoms with van der Waals surface area (Å²) in [6.07, 6.45) is 3.69. The Balaban J connectivity index is 1.58. The molecule has 7 heteroatoms. The van der Waals surface area contributed by atoms with Gasteiger partial charge in [0.2, 0.25) is 0 Å². The fourth-order valence-corrected chi connectivity index (χ4v) is 3.64. The second kappa shape index (κ2) is 8.18. The van der Waals surface area contributed by atoms with E-state index in [9.17, 15) is 4.79 Å². The van der Waals surface area contributed by atoms with Gasteiger partial charge in [-0.25, -0.2) is 4.79 Å². The van der Waals surface area contributed by atoms with Gasteiger partial charge in [-0.15, -0.1) is 11.3 Å². The quantitative estimate of drug-likeness (QED) is 0.709. The molecule has 0 aliphatic carbocycles. The first-order valence-electron chi connectivity index (χ1n) is 7.89. The number of amides is 2. The molecule has 0 saturated carbocycles. The first-order chi connectivity index (χ1) is 12.1. The van der Waals surface area contributed by atoms with E-state index in [-0.39, 0.29) is 6.03 Å². The van der Waals surface area contributed by atoms with Crippen molar-refractivity contribution in [2.24, 2.45) is 0 Å². The lowest BCUT2D eigenvalue weighted by Crippen LogP contribution is -2.36. The Kier molecular flexibility index (Phi) is 5.73. The number of urea groups is 1. The molecular formula is C18H19ClN4OS. The number of nitrogens with one attached hydrogen (secondary N) is 1. The zero-order valence-corrected chi connectivity index (χ0v) is 15.4. The molecule has 0 spiro atoms. The minimum Gasteiger partial charge on any atom is -0.334 e. The van der Waals surface area contributed by atoms with Gasteiger partial charge in [0.05, 0.1) is 17.4 Å². The zero-order valence-electron chi connectivity index (χ0n) is 13.9. The van der Waals surface area contributed by atoms with Gasteiger partial charge in [0.1, 0.15) is 0 Å². The molecule has 2 heterocycles. The summed E-state index contributed by atoms with van der Waals surface area (Å²) >= 11 is 7.42. The molecule has 0 aliphatic heterocycles. The number of rotatable bonds is 6. The maximum Gasteiger partial charge on any atom is 0.317 e. The summed E-state index contributed by atoms with van der Waals surface area (Å²) in [4.78, 5) is 15.0. The smallest absolute Gasteiger partial charge is 0.317 e. The molecule has 130 valence electrons. The van der Waals surface area contributed by atoms with E-state index >= 15 is 0 Å². The van der Waals surface area contributed by atoms with Crippen molar-refractivity contribution in [2.75, 3.05) is 7.05 Å². The highest BCUT2D eigenvalue weighted by atomic mass is 35.5. The van der Waals surface area contributed by atoms with E-state index < -0.39 is 0 Å². The van der Waals surface area contributed by atoms with Crippen LogP contribution in [0.3, 0.4) is 0 Å². The van der Waals surface area contributed by atoms with Gasteiger partial charge < -0.3 is 10.2 Å². The number of carbonyl (C=O) groups is 1. The molecule has 3 aromatic rings. The number of nitrogens with zero attached hydrogens (tertiary/aromatic N) is 3. The topological polar surface area (TPSA) is 50.2 Å². The molecule has 1 N–H and O–H groups in total. The molecule has 1 aromatic carbocycles. The Morgan fingerprint density at radius 2 is 2.04 bits per heavy atom. The average Bonchev–Trinajstić information content (AvgIpc) is 3.25. The number of halogens is 1. The fraction of sp³-hybridized carbons (Fsp3) is 0.222. The number of hydrogen-bond acceptors (Lipinski definition) is 3. The zero-order chi connectivity index (χ0) is 17.6. The first-order valence-corrected chi connectivity index (χ1v) is 9.08. The lowest BCUT2D eigenvalue weighted by Gasteiger charge is -2.18. The van der Waals surface area contributed by atoms with E-state index in [0.29, 0.717) is 19.6 Å². The van der Waals surface area contributed by atoms with Gasteiger partial charge >= 0.3 is 6.03 Å². The SMILES string of the molecule is CN(Cc1ccc(Cl)s1)C(=O)NCc1ccccc1Cn1cccn1. The van der Waals surface area contributed by atoms with Crippen LogP contribution >= 0.6 is 22.9 Å². The molecule has 0 radical (unpaired) electrons. The molecule has 0 atom stereocenters.